The molecule has 0 spiro atoms. The lowest BCUT2D eigenvalue weighted by Gasteiger charge is -2.03. The molecule has 0 aromatic heterocycles. The van der Waals surface area contributed by atoms with E-state index in [-0.39, 0.29) is 0 Å². The van der Waals surface area contributed by atoms with Crippen LogP contribution in [-0.2, 0) is 0 Å². The minimum atomic E-state index is -0.580. The fourth-order valence-corrected chi connectivity index (χ4v) is 1.45. The first-order valence-corrected chi connectivity index (χ1v) is 4.89. The molecule has 3 heteroatoms. The lowest BCUT2D eigenvalue weighted by Crippen LogP contribution is -2.19. The number of hydrogen-bond acceptors (Lipinski definition) is 1. The van der Waals surface area contributed by atoms with E-state index in [4.69, 9.17) is 5.73 Å². The first-order valence-electron chi connectivity index (χ1n) is 4.89. The predicted octanol–water partition coefficient (Wildman–Crippen LogP) is 2.64. The van der Waals surface area contributed by atoms with Gasteiger partial charge in [0.2, 0.25) is 0 Å². The summed E-state index contributed by atoms with van der Waals surface area (Å²) >= 11 is 0. The van der Waals surface area contributed by atoms with Crippen molar-refractivity contribution in [1.29, 1.82) is 0 Å². The standard InChI is InChI=1S/C13H11N2O/c14-13(16)15-12-8-6-11(7-9-12)10-4-2-1-3-5-10/h1-8H,(H3,14,15,16). The zero-order chi connectivity index (χ0) is 11.4. The molecule has 0 saturated carbocycles. The predicted molar refractivity (Wildman–Crippen MR) is 63.9 cm³/mol. The van der Waals surface area contributed by atoms with Gasteiger partial charge in [-0.2, -0.15) is 0 Å². The number of rotatable bonds is 2. The van der Waals surface area contributed by atoms with Gasteiger partial charge in [0.05, 0.1) is 5.69 Å². The number of nitrogens with one attached hydrogen (secondary N) is 1. The third-order valence-electron chi connectivity index (χ3n) is 2.18. The van der Waals surface area contributed by atoms with E-state index >= 15 is 0 Å². The molecular formula is C13H11N2O. The second-order valence-electron chi connectivity index (χ2n) is 3.35. The van der Waals surface area contributed by atoms with Crippen LogP contribution in [0.3, 0.4) is 0 Å². The van der Waals surface area contributed by atoms with Gasteiger partial charge in [0.15, 0.2) is 0 Å². The van der Waals surface area contributed by atoms with Crippen molar-refractivity contribution >= 4 is 11.7 Å². The Labute approximate surface area is 93.9 Å². The van der Waals surface area contributed by atoms with Crippen molar-refractivity contribution < 1.29 is 4.79 Å². The number of anilines is 1. The fourth-order valence-electron chi connectivity index (χ4n) is 1.45. The molecule has 2 rings (SSSR count). The average molecular weight is 211 g/mol. The molecule has 1 radical (unpaired) electrons. The molecule has 0 bridgehead atoms. The van der Waals surface area contributed by atoms with Crippen LogP contribution in [0.4, 0.5) is 10.5 Å². The molecule has 0 unspecified atom stereocenters. The highest BCUT2D eigenvalue weighted by molar-refractivity contribution is 5.87. The van der Waals surface area contributed by atoms with Crippen LogP contribution in [0.1, 0.15) is 0 Å². The summed E-state index contributed by atoms with van der Waals surface area (Å²) in [6, 6.07) is 17.8. The number of carbonyl (C=O) groups excluding carboxylic acids is 1. The van der Waals surface area contributed by atoms with Crippen LogP contribution in [0.2, 0.25) is 0 Å². The van der Waals surface area contributed by atoms with Gasteiger partial charge < -0.3 is 11.1 Å². The van der Waals surface area contributed by atoms with Gasteiger partial charge >= 0.3 is 6.03 Å². The zero-order valence-corrected chi connectivity index (χ0v) is 8.60. The summed E-state index contributed by atoms with van der Waals surface area (Å²) in [5.74, 6) is 0. The Balaban J connectivity index is 2.23. The van der Waals surface area contributed by atoms with Gasteiger partial charge in [-0.25, -0.2) is 4.79 Å². The molecule has 2 amide bonds. The molecule has 3 nitrogen and oxygen atoms in total. The molecular weight excluding hydrogens is 200 g/mol. The van der Waals surface area contributed by atoms with E-state index in [9.17, 15) is 4.79 Å². The summed E-state index contributed by atoms with van der Waals surface area (Å²) in [4.78, 5) is 10.6. The van der Waals surface area contributed by atoms with Crippen molar-refractivity contribution in [2.24, 2.45) is 5.73 Å². The highest BCUT2D eigenvalue weighted by Gasteiger charge is 1.98. The van der Waals surface area contributed by atoms with Crippen LogP contribution in [0.5, 0.6) is 0 Å². The van der Waals surface area contributed by atoms with E-state index in [0.29, 0.717) is 5.69 Å². The molecule has 0 aliphatic carbocycles. The van der Waals surface area contributed by atoms with Crippen LogP contribution in [0, 0.1) is 6.07 Å². The van der Waals surface area contributed by atoms with Crippen LogP contribution in [0.25, 0.3) is 11.1 Å². The van der Waals surface area contributed by atoms with Gasteiger partial charge in [-0.1, -0.05) is 36.4 Å². The number of nitrogens with two attached hydrogens (primary N) is 1. The Hall–Kier alpha value is -2.29. The van der Waals surface area contributed by atoms with Crippen molar-refractivity contribution in [2.45, 2.75) is 0 Å². The molecule has 79 valence electrons. The summed E-state index contributed by atoms with van der Waals surface area (Å²) in [7, 11) is 0. The smallest absolute Gasteiger partial charge is 0.316 e. The monoisotopic (exact) mass is 211 g/mol. The second-order valence-corrected chi connectivity index (χ2v) is 3.35. The van der Waals surface area contributed by atoms with E-state index in [1.807, 2.05) is 42.5 Å². The van der Waals surface area contributed by atoms with Crippen molar-refractivity contribution in [3.05, 3.63) is 54.6 Å². The minimum absolute atomic E-state index is 0.576. The number of benzene rings is 2. The normalized spacial score (nSPS) is 9.75. The molecule has 0 atom stereocenters. The van der Waals surface area contributed by atoms with Gasteiger partial charge in [-0.3, -0.25) is 0 Å². The second kappa shape index (κ2) is 4.49. The van der Waals surface area contributed by atoms with Crippen LogP contribution >= 0.6 is 0 Å². The lowest BCUT2D eigenvalue weighted by molar-refractivity contribution is 0.259. The van der Waals surface area contributed by atoms with Crippen molar-refractivity contribution in [2.75, 3.05) is 5.32 Å². The van der Waals surface area contributed by atoms with E-state index in [1.165, 1.54) is 0 Å². The Morgan fingerprint density at radius 1 is 1.06 bits per heavy atom. The minimum Gasteiger partial charge on any atom is -0.351 e. The highest BCUT2D eigenvalue weighted by Crippen LogP contribution is 2.20. The molecule has 0 saturated heterocycles. The van der Waals surface area contributed by atoms with Crippen molar-refractivity contribution in [3.8, 4) is 11.1 Å². The Bertz CT molecular complexity index is 477. The van der Waals surface area contributed by atoms with Gasteiger partial charge in [0.1, 0.15) is 0 Å². The molecule has 0 aliphatic rings. The highest BCUT2D eigenvalue weighted by atomic mass is 16.2. The van der Waals surface area contributed by atoms with Gasteiger partial charge in [-0.05, 0) is 23.3 Å². The van der Waals surface area contributed by atoms with Crippen molar-refractivity contribution in [3.63, 3.8) is 0 Å². The van der Waals surface area contributed by atoms with E-state index < -0.39 is 6.03 Å². The molecule has 0 aliphatic heterocycles. The summed E-state index contributed by atoms with van der Waals surface area (Å²) in [6.45, 7) is 0. The Morgan fingerprint density at radius 2 is 1.81 bits per heavy atom. The first-order chi connectivity index (χ1) is 7.75. The summed E-state index contributed by atoms with van der Waals surface area (Å²) in [6.07, 6.45) is 0. The maximum atomic E-state index is 10.6. The Kier molecular flexibility index (Phi) is 2.87. The maximum Gasteiger partial charge on any atom is 0.316 e. The van der Waals surface area contributed by atoms with E-state index in [2.05, 4.69) is 11.4 Å². The topological polar surface area (TPSA) is 55.1 Å². The average Bonchev–Trinajstić information content (AvgIpc) is 2.30. The first kappa shape index (κ1) is 10.2. The van der Waals surface area contributed by atoms with Crippen LogP contribution < -0.4 is 11.1 Å². The van der Waals surface area contributed by atoms with E-state index in [1.54, 1.807) is 6.07 Å². The SMILES string of the molecule is NC(=O)Nc1[c]cc(-c2ccccc2)cc1. The molecule has 16 heavy (non-hydrogen) atoms. The lowest BCUT2D eigenvalue weighted by atomic mass is 10.1. The van der Waals surface area contributed by atoms with E-state index in [0.717, 1.165) is 11.1 Å². The number of primary amides is 1. The summed E-state index contributed by atoms with van der Waals surface area (Å²) < 4.78 is 0. The van der Waals surface area contributed by atoms with Gasteiger partial charge in [0.25, 0.3) is 0 Å². The van der Waals surface area contributed by atoms with Crippen LogP contribution in [-0.4, -0.2) is 6.03 Å². The summed E-state index contributed by atoms with van der Waals surface area (Å²) in [5.41, 5.74) is 7.75. The number of hydrogen-bond donors (Lipinski definition) is 2. The summed E-state index contributed by atoms with van der Waals surface area (Å²) in [5, 5.41) is 2.47. The van der Waals surface area contributed by atoms with Crippen LogP contribution in [0.15, 0.2) is 48.5 Å². The zero-order valence-electron chi connectivity index (χ0n) is 8.60. The third-order valence-corrected chi connectivity index (χ3v) is 2.18. The fraction of sp³-hybridized carbons (Fsp3) is 0. The molecule has 2 aromatic carbocycles. The van der Waals surface area contributed by atoms with Gasteiger partial charge in [-0.15, -0.1) is 0 Å². The largest absolute Gasteiger partial charge is 0.351 e. The third kappa shape index (κ3) is 2.39. The number of urea groups is 1. The van der Waals surface area contributed by atoms with Gasteiger partial charge in [0, 0.05) is 6.07 Å². The number of amides is 2. The molecule has 0 heterocycles. The number of carbonyl (C=O) groups is 1. The van der Waals surface area contributed by atoms with Crippen molar-refractivity contribution in [1.82, 2.24) is 0 Å². The molecule has 0 fully saturated rings. The maximum absolute atomic E-state index is 10.6. The Morgan fingerprint density at radius 3 is 2.38 bits per heavy atom. The molecule has 3 N–H and O–H groups in total. The molecule has 2 aromatic rings. The quantitative estimate of drug-likeness (QED) is 0.788.